The zero-order valence-electron chi connectivity index (χ0n) is 7.85. The molecule has 0 fully saturated rings. The molecule has 0 N–H and O–H groups in total. The first-order valence-corrected chi connectivity index (χ1v) is 5.13. The standard InChI is InChI=1S/C10H12N2OS/c1-3-5-12(6-4-2)10(13)9-7-14-8-11-9/h3-4,7-8H,1-2,5-6H2. The van der Waals surface area contributed by atoms with Gasteiger partial charge >= 0.3 is 0 Å². The number of thiazole rings is 1. The zero-order chi connectivity index (χ0) is 10.4. The highest BCUT2D eigenvalue weighted by Crippen LogP contribution is 2.05. The molecule has 1 heterocycles. The molecule has 3 nitrogen and oxygen atoms in total. The van der Waals surface area contributed by atoms with E-state index in [1.54, 1.807) is 27.9 Å². The van der Waals surface area contributed by atoms with E-state index < -0.39 is 0 Å². The van der Waals surface area contributed by atoms with E-state index in [1.165, 1.54) is 11.3 Å². The van der Waals surface area contributed by atoms with Crippen molar-refractivity contribution >= 4 is 17.2 Å². The van der Waals surface area contributed by atoms with Crippen LogP contribution in [0.5, 0.6) is 0 Å². The van der Waals surface area contributed by atoms with E-state index >= 15 is 0 Å². The third kappa shape index (κ3) is 2.53. The number of nitrogens with zero attached hydrogens (tertiary/aromatic N) is 2. The minimum Gasteiger partial charge on any atom is -0.330 e. The third-order valence-corrected chi connectivity index (χ3v) is 2.22. The monoisotopic (exact) mass is 208 g/mol. The van der Waals surface area contributed by atoms with Crippen LogP contribution >= 0.6 is 11.3 Å². The molecule has 1 amide bonds. The fourth-order valence-corrected chi connectivity index (χ4v) is 1.56. The fraction of sp³-hybridized carbons (Fsp3) is 0.200. The van der Waals surface area contributed by atoms with Crippen LogP contribution in [0, 0.1) is 0 Å². The summed E-state index contributed by atoms with van der Waals surface area (Å²) in [4.78, 5) is 17.4. The normalized spacial score (nSPS) is 9.43. The van der Waals surface area contributed by atoms with Gasteiger partial charge in [-0.3, -0.25) is 4.79 Å². The molecular weight excluding hydrogens is 196 g/mol. The molecule has 1 aromatic heterocycles. The van der Waals surface area contributed by atoms with Crippen LogP contribution < -0.4 is 0 Å². The van der Waals surface area contributed by atoms with Gasteiger partial charge in [-0.25, -0.2) is 4.98 Å². The molecule has 0 saturated carbocycles. The molecule has 0 aliphatic rings. The van der Waals surface area contributed by atoms with Crippen molar-refractivity contribution in [2.24, 2.45) is 0 Å². The van der Waals surface area contributed by atoms with Crippen LogP contribution in [-0.2, 0) is 0 Å². The summed E-state index contributed by atoms with van der Waals surface area (Å²) in [5, 5.41) is 1.74. The molecular formula is C10H12N2OS. The van der Waals surface area contributed by atoms with E-state index in [1.807, 2.05) is 0 Å². The topological polar surface area (TPSA) is 33.2 Å². The largest absolute Gasteiger partial charge is 0.330 e. The van der Waals surface area contributed by atoms with Gasteiger partial charge in [0.1, 0.15) is 5.69 Å². The molecule has 74 valence electrons. The van der Waals surface area contributed by atoms with Crippen LogP contribution in [0.15, 0.2) is 36.2 Å². The van der Waals surface area contributed by atoms with Crippen molar-refractivity contribution in [3.8, 4) is 0 Å². The molecule has 0 bridgehead atoms. The first-order valence-electron chi connectivity index (χ1n) is 4.19. The molecule has 0 atom stereocenters. The first-order chi connectivity index (χ1) is 6.79. The summed E-state index contributed by atoms with van der Waals surface area (Å²) in [5.41, 5.74) is 2.13. The molecule has 0 aromatic carbocycles. The highest BCUT2D eigenvalue weighted by atomic mass is 32.1. The summed E-state index contributed by atoms with van der Waals surface area (Å²) in [6, 6.07) is 0. The van der Waals surface area contributed by atoms with Crippen LogP contribution in [0.3, 0.4) is 0 Å². The lowest BCUT2D eigenvalue weighted by atomic mass is 10.3. The number of rotatable bonds is 5. The Hall–Kier alpha value is -1.42. The van der Waals surface area contributed by atoms with Crippen molar-refractivity contribution in [2.75, 3.05) is 13.1 Å². The SMILES string of the molecule is C=CCN(CC=C)C(=O)c1cscn1. The lowest BCUT2D eigenvalue weighted by molar-refractivity contribution is 0.0786. The maximum Gasteiger partial charge on any atom is 0.273 e. The predicted molar refractivity (Wildman–Crippen MR) is 58.4 cm³/mol. The Morgan fingerprint density at radius 1 is 1.50 bits per heavy atom. The number of aromatic nitrogens is 1. The minimum absolute atomic E-state index is 0.0777. The molecule has 0 aliphatic heterocycles. The lowest BCUT2D eigenvalue weighted by Crippen LogP contribution is -2.31. The van der Waals surface area contributed by atoms with Crippen molar-refractivity contribution in [3.05, 3.63) is 41.9 Å². The highest BCUT2D eigenvalue weighted by Gasteiger charge is 2.14. The van der Waals surface area contributed by atoms with E-state index in [-0.39, 0.29) is 5.91 Å². The Kier molecular flexibility index (Phi) is 4.07. The maximum atomic E-state index is 11.8. The summed E-state index contributed by atoms with van der Waals surface area (Å²) in [6.07, 6.45) is 3.38. The van der Waals surface area contributed by atoms with Crippen LogP contribution in [0.25, 0.3) is 0 Å². The first kappa shape index (κ1) is 10.7. The molecule has 0 spiro atoms. The smallest absolute Gasteiger partial charge is 0.273 e. The van der Waals surface area contributed by atoms with Crippen molar-refractivity contribution < 1.29 is 4.79 Å². The minimum atomic E-state index is -0.0777. The van der Waals surface area contributed by atoms with Crippen LogP contribution in [0.1, 0.15) is 10.5 Å². The van der Waals surface area contributed by atoms with Gasteiger partial charge in [0, 0.05) is 18.5 Å². The number of carbonyl (C=O) groups excluding carboxylic acids is 1. The second kappa shape index (κ2) is 5.34. The predicted octanol–water partition coefficient (Wildman–Crippen LogP) is 1.96. The quantitative estimate of drug-likeness (QED) is 0.693. The van der Waals surface area contributed by atoms with E-state index in [0.717, 1.165) is 0 Å². The van der Waals surface area contributed by atoms with Gasteiger partial charge in [-0.2, -0.15) is 0 Å². The van der Waals surface area contributed by atoms with Gasteiger partial charge in [0.25, 0.3) is 5.91 Å². The Morgan fingerprint density at radius 2 is 2.14 bits per heavy atom. The highest BCUT2D eigenvalue weighted by molar-refractivity contribution is 7.07. The van der Waals surface area contributed by atoms with Gasteiger partial charge in [-0.15, -0.1) is 24.5 Å². The van der Waals surface area contributed by atoms with E-state index in [9.17, 15) is 4.79 Å². The van der Waals surface area contributed by atoms with Crippen molar-refractivity contribution in [1.82, 2.24) is 9.88 Å². The molecule has 1 aromatic rings. The number of amides is 1. The Bertz CT molecular complexity index is 309. The fourth-order valence-electron chi connectivity index (χ4n) is 1.03. The zero-order valence-corrected chi connectivity index (χ0v) is 8.67. The molecule has 1 rings (SSSR count). The molecule has 0 radical (unpaired) electrons. The van der Waals surface area contributed by atoms with Crippen LogP contribution in [0.2, 0.25) is 0 Å². The summed E-state index contributed by atoms with van der Waals surface area (Å²) in [6.45, 7) is 8.23. The van der Waals surface area contributed by atoms with Gasteiger partial charge in [0.15, 0.2) is 0 Å². The Labute approximate surface area is 87.4 Å². The molecule has 14 heavy (non-hydrogen) atoms. The lowest BCUT2D eigenvalue weighted by Gasteiger charge is -2.17. The van der Waals surface area contributed by atoms with E-state index in [2.05, 4.69) is 18.1 Å². The average Bonchev–Trinajstić information content (AvgIpc) is 2.69. The van der Waals surface area contributed by atoms with Crippen molar-refractivity contribution in [2.45, 2.75) is 0 Å². The van der Waals surface area contributed by atoms with Crippen LogP contribution in [-0.4, -0.2) is 28.9 Å². The molecule has 0 saturated heterocycles. The molecule has 0 unspecified atom stereocenters. The average molecular weight is 208 g/mol. The number of carbonyl (C=O) groups is 1. The van der Waals surface area contributed by atoms with Gasteiger partial charge in [0.05, 0.1) is 5.51 Å². The number of hydrogen-bond donors (Lipinski definition) is 0. The summed E-state index contributed by atoms with van der Waals surface area (Å²) < 4.78 is 0. The second-order valence-corrected chi connectivity index (χ2v) is 3.38. The van der Waals surface area contributed by atoms with Gasteiger partial charge < -0.3 is 4.90 Å². The van der Waals surface area contributed by atoms with Crippen molar-refractivity contribution in [3.63, 3.8) is 0 Å². The Balaban J connectivity index is 2.72. The van der Waals surface area contributed by atoms with E-state index in [4.69, 9.17) is 0 Å². The van der Waals surface area contributed by atoms with Gasteiger partial charge in [0.2, 0.25) is 0 Å². The van der Waals surface area contributed by atoms with Gasteiger partial charge in [-0.05, 0) is 0 Å². The molecule has 4 heteroatoms. The Morgan fingerprint density at radius 3 is 2.57 bits per heavy atom. The summed E-state index contributed by atoms with van der Waals surface area (Å²) >= 11 is 1.41. The summed E-state index contributed by atoms with van der Waals surface area (Å²) in [5.74, 6) is -0.0777. The number of hydrogen-bond acceptors (Lipinski definition) is 3. The van der Waals surface area contributed by atoms with Crippen LogP contribution in [0.4, 0.5) is 0 Å². The third-order valence-electron chi connectivity index (χ3n) is 1.64. The second-order valence-electron chi connectivity index (χ2n) is 2.66. The van der Waals surface area contributed by atoms with Crippen molar-refractivity contribution in [1.29, 1.82) is 0 Å². The van der Waals surface area contributed by atoms with E-state index in [0.29, 0.717) is 18.8 Å². The van der Waals surface area contributed by atoms with Gasteiger partial charge in [-0.1, -0.05) is 12.2 Å². The summed E-state index contributed by atoms with van der Waals surface area (Å²) in [7, 11) is 0. The maximum absolute atomic E-state index is 11.8. The molecule has 0 aliphatic carbocycles.